The topological polar surface area (TPSA) is 16.4 Å². The van der Waals surface area contributed by atoms with E-state index in [-0.39, 0.29) is 12.4 Å². The van der Waals surface area contributed by atoms with Crippen LogP contribution in [0.5, 0.6) is 0 Å². The summed E-state index contributed by atoms with van der Waals surface area (Å²) in [5, 5.41) is 0. The normalized spacial score (nSPS) is 19.9. The third-order valence-corrected chi connectivity index (χ3v) is 3.42. The highest BCUT2D eigenvalue weighted by atomic mass is 35.5. The van der Waals surface area contributed by atoms with Gasteiger partial charge in [0, 0.05) is 36.8 Å². The molecule has 1 aliphatic carbocycles. The van der Waals surface area contributed by atoms with Crippen LogP contribution in [0.2, 0.25) is 0 Å². The molecule has 3 rings (SSSR count). The number of ether oxygens (including phenoxy) is 1. The molecule has 2 fully saturated rings. The average Bonchev–Trinajstić information content (AvgIpc) is 3.15. The van der Waals surface area contributed by atoms with E-state index in [0.717, 1.165) is 32.2 Å². The lowest BCUT2D eigenvalue weighted by atomic mass is 10.3. The van der Waals surface area contributed by atoms with Crippen LogP contribution in [0.25, 0.3) is 0 Å². The van der Waals surface area contributed by atoms with Crippen molar-refractivity contribution in [3.8, 4) is 0 Å². The van der Waals surface area contributed by atoms with Crippen molar-refractivity contribution in [3.63, 3.8) is 0 Å². The largest absolute Gasteiger partial charge is 0.378 e. The number of hydrogen-bond donors (Lipinski definition) is 0. The summed E-state index contributed by atoms with van der Waals surface area (Å²) in [5.74, 6) is 0.944. The van der Waals surface area contributed by atoms with Crippen molar-refractivity contribution < 1.29 is 9.30 Å². The molecule has 3 nitrogen and oxygen atoms in total. The van der Waals surface area contributed by atoms with E-state index in [1.54, 1.807) is 0 Å². The highest BCUT2D eigenvalue weighted by Crippen LogP contribution is 2.28. The first-order chi connectivity index (χ1) is 7.92. The molecule has 0 atom stereocenters. The van der Waals surface area contributed by atoms with Crippen LogP contribution < -0.4 is 9.47 Å². The van der Waals surface area contributed by atoms with Gasteiger partial charge in [0.2, 0.25) is 0 Å². The maximum atomic E-state index is 5.36. The van der Waals surface area contributed by atoms with Crippen LogP contribution in [0.1, 0.15) is 12.8 Å². The average molecular weight is 256 g/mol. The highest BCUT2D eigenvalue weighted by Gasteiger charge is 2.25. The Bertz CT molecular complexity index is 345. The van der Waals surface area contributed by atoms with E-state index in [1.165, 1.54) is 25.1 Å². The van der Waals surface area contributed by atoms with Crippen LogP contribution in [0.3, 0.4) is 0 Å². The molecule has 1 aromatic rings. The number of pyridine rings is 1. The summed E-state index contributed by atoms with van der Waals surface area (Å²) in [6.07, 6.45) is 7.25. The van der Waals surface area contributed by atoms with Gasteiger partial charge in [-0.2, -0.15) is 0 Å². The molecular formula is C13H20ClN2O+. The molecular weight excluding hydrogens is 236 g/mol. The number of aromatic nitrogens is 1. The Morgan fingerprint density at radius 2 is 1.82 bits per heavy atom. The van der Waals surface area contributed by atoms with E-state index in [1.807, 2.05) is 0 Å². The Balaban J connectivity index is 0.00000108. The summed E-state index contributed by atoms with van der Waals surface area (Å²) >= 11 is 0. The second-order valence-corrected chi connectivity index (χ2v) is 4.80. The summed E-state index contributed by atoms with van der Waals surface area (Å²) in [4.78, 5) is 2.39. The Labute approximate surface area is 109 Å². The van der Waals surface area contributed by atoms with Gasteiger partial charge in [-0.3, -0.25) is 0 Å². The van der Waals surface area contributed by atoms with E-state index >= 15 is 0 Å². The predicted molar refractivity (Wildman–Crippen MR) is 69.6 cm³/mol. The van der Waals surface area contributed by atoms with Crippen LogP contribution in [0.15, 0.2) is 24.5 Å². The van der Waals surface area contributed by atoms with Gasteiger partial charge in [0.15, 0.2) is 18.9 Å². The van der Waals surface area contributed by atoms with Crippen molar-refractivity contribution >= 4 is 18.1 Å². The summed E-state index contributed by atoms with van der Waals surface area (Å²) in [6, 6.07) is 4.46. The number of hydrogen-bond acceptors (Lipinski definition) is 2. The summed E-state index contributed by atoms with van der Waals surface area (Å²) in [6.45, 7) is 4.95. The second-order valence-electron chi connectivity index (χ2n) is 4.80. The minimum atomic E-state index is 0. The number of anilines is 1. The van der Waals surface area contributed by atoms with Crippen LogP contribution in [0.4, 0.5) is 5.69 Å². The van der Waals surface area contributed by atoms with Crippen LogP contribution in [-0.2, 0) is 11.3 Å². The standard InChI is InChI=1S/C13H19N2O.ClH/c1-2-12(1)11-14-5-3-13(4-6-14)15-7-9-16-10-8-15;/h3-6,12H,1-2,7-11H2;1H/q+1;. The Morgan fingerprint density at radius 3 is 2.41 bits per heavy atom. The zero-order chi connectivity index (χ0) is 10.8. The van der Waals surface area contributed by atoms with Crippen molar-refractivity contribution in [1.29, 1.82) is 0 Å². The van der Waals surface area contributed by atoms with E-state index in [2.05, 4.69) is 34.0 Å². The van der Waals surface area contributed by atoms with Crippen molar-refractivity contribution in [2.75, 3.05) is 31.2 Å². The molecule has 0 bridgehead atoms. The lowest BCUT2D eigenvalue weighted by Crippen LogP contribution is -2.38. The highest BCUT2D eigenvalue weighted by molar-refractivity contribution is 5.85. The quantitative estimate of drug-likeness (QED) is 0.764. The van der Waals surface area contributed by atoms with Gasteiger partial charge in [0.05, 0.1) is 13.2 Å². The van der Waals surface area contributed by atoms with Gasteiger partial charge in [-0.1, -0.05) is 0 Å². The third kappa shape index (κ3) is 3.33. The maximum Gasteiger partial charge on any atom is 0.170 e. The van der Waals surface area contributed by atoms with E-state index in [9.17, 15) is 0 Å². The zero-order valence-electron chi connectivity index (χ0n) is 10.0. The molecule has 94 valence electrons. The minimum Gasteiger partial charge on any atom is -0.378 e. The maximum absolute atomic E-state index is 5.36. The Hall–Kier alpha value is -0.800. The number of halogens is 1. The first kappa shape index (κ1) is 12.7. The molecule has 0 N–H and O–H groups in total. The van der Waals surface area contributed by atoms with Crippen LogP contribution in [-0.4, -0.2) is 26.3 Å². The molecule has 1 saturated heterocycles. The lowest BCUT2D eigenvalue weighted by molar-refractivity contribution is -0.700. The van der Waals surface area contributed by atoms with Gasteiger partial charge in [-0.15, -0.1) is 12.4 Å². The molecule has 1 saturated carbocycles. The molecule has 2 heterocycles. The molecule has 0 spiro atoms. The van der Waals surface area contributed by atoms with Gasteiger partial charge in [0.1, 0.15) is 0 Å². The fourth-order valence-corrected chi connectivity index (χ4v) is 2.20. The van der Waals surface area contributed by atoms with Crippen molar-refractivity contribution in [3.05, 3.63) is 24.5 Å². The lowest BCUT2D eigenvalue weighted by Gasteiger charge is -2.28. The number of rotatable bonds is 3. The molecule has 1 aromatic heterocycles. The van der Waals surface area contributed by atoms with E-state index in [4.69, 9.17) is 4.74 Å². The molecule has 4 heteroatoms. The van der Waals surface area contributed by atoms with Gasteiger partial charge in [-0.05, 0) is 12.8 Å². The number of nitrogens with zero attached hydrogens (tertiary/aromatic N) is 2. The third-order valence-electron chi connectivity index (χ3n) is 3.42. The molecule has 0 amide bonds. The van der Waals surface area contributed by atoms with Crippen molar-refractivity contribution in [2.24, 2.45) is 5.92 Å². The minimum absolute atomic E-state index is 0. The van der Waals surface area contributed by atoms with E-state index < -0.39 is 0 Å². The fraction of sp³-hybridized carbons (Fsp3) is 0.615. The number of morpholine rings is 1. The van der Waals surface area contributed by atoms with Gasteiger partial charge in [0.25, 0.3) is 0 Å². The summed E-state index contributed by atoms with van der Waals surface area (Å²) < 4.78 is 7.67. The first-order valence-corrected chi connectivity index (χ1v) is 6.23. The summed E-state index contributed by atoms with van der Waals surface area (Å²) in [5.41, 5.74) is 1.33. The monoisotopic (exact) mass is 255 g/mol. The SMILES string of the molecule is Cl.c1c[n+](CC2CC2)ccc1N1CCOCC1. The molecule has 2 aliphatic rings. The molecule has 0 unspecified atom stereocenters. The molecule has 17 heavy (non-hydrogen) atoms. The first-order valence-electron chi connectivity index (χ1n) is 6.23. The van der Waals surface area contributed by atoms with E-state index in [0.29, 0.717) is 0 Å². The van der Waals surface area contributed by atoms with Gasteiger partial charge in [-0.25, -0.2) is 4.57 Å². The smallest absolute Gasteiger partial charge is 0.170 e. The van der Waals surface area contributed by atoms with Gasteiger partial charge >= 0.3 is 0 Å². The summed E-state index contributed by atoms with van der Waals surface area (Å²) in [7, 11) is 0. The molecule has 1 aliphatic heterocycles. The fourth-order valence-electron chi connectivity index (χ4n) is 2.20. The Kier molecular flexibility index (Phi) is 4.24. The van der Waals surface area contributed by atoms with Crippen molar-refractivity contribution in [2.45, 2.75) is 19.4 Å². The Morgan fingerprint density at radius 1 is 1.18 bits per heavy atom. The van der Waals surface area contributed by atoms with Gasteiger partial charge < -0.3 is 9.64 Å². The predicted octanol–water partition coefficient (Wildman–Crippen LogP) is 1.64. The zero-order valence-corrected chi connectivity index (χ0v) is 10.9. The van der Waals surface area contributed by atoms with Crippen LogP contribution in [0, 0.1) is 5.92 Å². The molecule has 0 aromatic carbocycles. The second kappa shape index (κ2) is 5.69. The van der Waals surface area contributed by atoms with Crippen molar-refractivity contribution in [1.82, 2.24) is 0 Å². The van der Waals surface area contributed by atoms with Crippen LogP contribution >= 0.6 is 12.4 Å². The molecule has 0 radical (unpaired) electrons.